The first kappa shape index (κ1) is 24.4. The lowest BCUT2D eigenvalue weighted by Crippen LogP contribution is -2.45. The molecule has 0 fully saturated rings. The monoisotopic (exact) mass is 468 g/mol. The zero-order chi connectivity index (χ0) is 22.9. The first-order chi connectivity index (χ1) is 15.5. The van der Waals surface area contributed by atoms with Gasteiger partial charge in [0.25, 0.3) is 0 Å². The molecule has 1 atom stereocenters. The number of aryl methyl sites for hydroxylation is 2. The molecule has 0 spiro atoms. The fraction of sp³-hybridized carbons (Fsp3) is 0.346. The number of nitrogens with zero attached hydrogens (tertiary/aromatic N) is 1. The molecular weight excluding hydrogens is 436 g/mol. The van der Waals surface area contributed by atoms with Gasteiger partial charge in [-0.1, -0.05) is 36.4 Å². The van der Waals surface area contributed by atoms with Gasteiger partial charge in [-0.3, -0.25) is 9.69 Å². The molecule has 2 aromatic heterocycles. The number of hydrogen-bond acceptors (Lipinski definition) is 5. The molecule has 0 aliphatic heterocycles. The second-order valence-corrected chi connectivity index (χ2v) is 9.82. The van der Waals surface area contributed by atoms with Crippen molar-refractivity contribution >= 4 is 34.2 Å². The lowest BCUT2D eigenvalue weighted by atomic mass is 10.0. The lowest BCUT2D eigenvalue weighted by molar-refractivity contribution is -0.126. The first-order valence-electron chi connectivity index (χ1n) is 10.9. The number of rotatable bonds is 11. The van der Waals surface area contributed by atoms with E-state index in [-0.39, 0.29) is 18.6 Å². The van der Waals surface area contributed by atoms with Crippen LogP contribution in [0, 0.1) is 13.8 Å². The molecule has 3 rings (SSSR count). The molecule has 1 unspecified atom stereocenters. The SMILES string of the molecule is Cc1ccsc1C(=CCCN(C)C(CCO)C(=O)NCc1ccccc1)c1sccc1C. The van der Waals surface area contributed by atoms with Crippen LogP contribution in [0.1, 0.15) is 39.3 Å². The number of amides is 1. The molecule has 0 radical (unpaired) electrons. The fourth-order valence-electron chi connectivity index (χ4n) is 3.73. The highest BCUT2D eigenvalue weighted by molar-refractivity contribution is 7.14. The third-order valence-electron chi connectivity index (χ3n) is 5.59. The van der Waals surface area contributed by atoms with Crippen molar-refractivity contribution in [3.8, 4) is 0 Å². The molecule has 2 heterocycles. The summed E-state index contributed by atoms with van der Waals surface area (Å²) in [6.07, 6.45) is 3.54. The van der Waals surface area contributed by atoms with Gasteiger partial charge in [-0.15, -0.1) is 22.7 Å². The third kappa shape index (κ3) is 6.39. The van der Waals surface area contributed by atoms with E-state index in [0.29, 0.717) is 13.0 Å². The molecule has 1 amide bonds. The fourth-order valence-corrected chi connectivity index (χ4v) is 5.74. The van der Waals surface area contributed by atoms with Crippen molar-refractivity contribution in [2.75, 3.05) is 20.2 Å². The molecule has 0 saturated carbocycles. The summed E-state index contributed by atoms with van der Waals surface area (Å²) < 4.78 is 0. The molecule has 4 nitrogen and oxygen atoms in total. The largest absolute Gasteiger partial charge is 0.396 e. The Kier molecular flexibility index (Phi) is 9.23. The summed E-state index contributed by atoms with van der Waals surface area (Å²) in [4.78, 5) is 17.5. The maximum absolute atomic E-state index is 12.8. The zero-order valence-electron chi connectivity index (χ0n) is 19.0. The van der Waals surface area contributed by atoms with E-state index in [1.165, 1.54) is 26.5 Å². The zero-order valence-corrected chi connectivity index (χ0v) is 20.6. The normalized spacial score (nSPS) is 12.0. The molecule has 0 aliphatic rings. The van der Waals surface area contributed by atoms with E-state index in [0.717, 1.165) is 18.5 Å². The summed E-state index contributed by atoms with van der Waals surface area (Å²) in [7, 11) is 1.96. The van der Waals surface area contributed by atoms with Gasteiger partial charge in [-0.25, -0.2) is 0 Å². The summed E-state index contributed by atoms with van der Waals surface area (Å²) in [6, 6.07) is 13.9. The third-order valence-corrected chi connectivity index (χ3v) is 7.69. The summed E-state index contributed by atoms with van der Waals surface area (Å²) in [5.74, 6) is -0.0437. The Morgan fingerprint density at radius 2 is 1.69 bits per heavy atom. The second-order valence-electron chi connectivity index (χ2n) is 7.98. The van der Waals surface area contributed by atoms with Crippen LogP contribution in [0.15, 0.2) is 59.3 Å². The van der Waals surface area contributed by atoms with Crippen molar-refractivity contribution in [1.29, 1.82) is 0 Å². The van der Waals surface area contributed by atoms with Crippen LogP contribution in [-0.2, 0) is 11.3 Å². The van der Waals surface area contributed by atoms with Crippen LogP contribution in [0.4, 0.5) is 0 Å². The number of carbonyl (C=O) groups is 1. The molecule has 3 aromatic rings. The highest BCUT2D eigenvalue weighted by Crippen LogP contribution is 2.35. The van der Waals surface area contributed by atoms with Gasteiger partial charge in [0.05, 0.1) is 6.04 Å². The lowest BCUT2D eigenvalue weighted by Gasteiger charge is -2.26. The van der Waals surface area contributed by atoms with Crippen molar-refractivity contribution < 1.29 is 9.90 Å². The first-order valence-corrected chi connectivity index (χ1v) is 12.7. The molecule has 32 heavy (non-hydrogen) atoms. The highest BCUT2D eigenvalue weighted by Gasteiger charge is 2.22. The van der Waals surface area contributed by atoms with E-state index in [1.807, 2.05) is 42.3 Å². The van der Waals surface area contributed by atoms with E-state index >= 15 is 0 Å². The van der Waals surface area contributed by atoms with E-state index in [1.54, 1.807) is 22.7 Å². The number of likely N-dealkylation sites (N-methyl/N-ethyl adjacent to an activating group) is 1. The molecular formula is C26H32N2O2S2. The Balaban J connectivity index is 1.67. The van der Waals surface area contributed by atoms with Gasteiger partial charge in [0, 0.05) is 35.0 Å². The molecule has 0 aliphatic carbocycles. The van der Waals surface area contributed by atoms with Crippen molar-refractivity contribution in [3.05, 3.63) is 85.7 Å². The minimum Gasteiger partial charge on any atom is -0.396 e. The number of carbonyl (C=O) groups excluding carboxylic acids is 1. The van der Waals surface area contributed by atoms with Gasteiger partial charge in [0.1, 0.15) is 0 Å². The van der Waals surface area contributed by atoms with Crippen LogP contribution in [0.25, 0.3) is 5.57 Å². The van der Waals surface area contributed by atoms with E-state index in [4.69, 9.17) is 0 Å². The van der Waals surface area contributed by atoms with Crippen molar-refractivity contribution in [2.24, 2.45) is 0 Å². The highest BCUT2D eigenvalue weighted by atomic mass is 32.1. The van der Waals surface area contributed by atoms with E-state index in [2.05, 4.69) is 48.1 Å². The minimum atomic E-state index is -0.354. The van der Waals surface area contributed by atoms with E-state index < -0.39 is 0 Å². The van der Waals surface area contributed by atoms with Crippen LogP contribution in [0.3, 0.4) is 0 Å². The number of nitrogens with one attached hydrogen (secondary N) is 1. The van der Waals surface area contributed by atoms with Crippen LogP contribution >= 0.6 is 22.7 Å². The summed E-state index contributed by atoms with van der Waals surface area (Å²) in [5, 5.41) is 16.8. The summed E-state index contributed by atoms with van der Waals surface area (Å²) in [5.41, 5.74) is 4.93. The summed E-state index contributed by atoms with van der Waals surface area (Å²) >= 11 is 3.55. The van der Waals surface area contributed by atoms with Crippen molar-refractivity contribution in [1.82, 2.24) is 10.2 Å². The van der Waals surface area contributed by atoms with Crippen LogP contribution < -0.4 is 5.32 Å². The standard InChI is InChI=1S/C26H32N2O2S2/c1-19-12-16-31-24(19)22(25-20(2)13-17-32-25)10-7-14-28(3)23(11-15-29)26(30)27-18-21-8-5-4-6-9-21/h4-6,8-10,12-13,16-17,23,29H,7,11,14-15,18H2,1-3H3,(H,27,30). The maximum Gasteiger partial charge on any atom is 0.237 e. The predicted octanol–water partition coefficient (Wildman–Crippen LogP) is 5.25. The predicted molar refractivity (Wildman–Crippen MR) is 136 cm³/mol. The van der Waals surface area contributed by atoms with Gasteiger partial charge in [-0.05, 0) is 73.3 Å². The number of benzene rings is 1. The molecule has 0 saturated heterocycles. The van der Waals surface area contributed by atoms with Gasteiger partial charge in [0.2, 0.25) is 5.91 Å². The molecule has 2 N–H and O–H groups in total. The minimum absolute atomic E-state index is 0.0162. The smallest absolute Gasteiger partial charge is 0.237 e. The van der Waals surface area contributed by atoms with E-state index in [9.17, 15) is 9.90 Å². The average Bonchev–Trinajstić information content (AvgIpc) is 3.42. The summed E-state index contributed by atoms with van der Waals surface area (Å²) in [6.45, 7) is 5.53. The Morgan fingerprint density at radius 3 is 2.22 bits per heavy atom. The van der Waals surface area contributed by atoms with Crippen LogP contribution in [-0.4, -0.2) is 42.2 Å². The molecule has 0 bridgehead atoms. The van der Waals surface area contributed by atoms with Crippen LogP contribution in [0.2, 0.25) is 0 Å². The molecule has 6 heteroatoms. The van der Waals surface area contributed by atoms with Gasteiger partial charge in [-0.2, -0.15) is 0 Å². The Bertz CT molecular complexity index is 981. The van der Waals surface area contributed by atoms with Gasteiger partial charge in [0.15, 0.2) is 0 Å². The van der Waals surface area contributed by atoms with Crippen LogP contribution in [0.5, 0.6) is 0 Å². The van der Waals surface area contributed by atoms with Crippen molar-refractivity contribution in [2.45, 2.75) is 39.3 Å². The Morgan fingerprint density at radius 1 is 1.06 bits per heavy atom. The topological polar surface area (TPSA) is 52.6 Å². The number of aliphatic hydroxyl groups excluding tert-OH is 1. The Labute approximate surface area is 199 Å². The molecule has 170 valence electrons. The average molecular weight is 469 g/mol. The van der Waals surface area contributed by atoms with Crippen molar-refractivity contribution in [3.63, 3.8) is 0 Å². The Hall–Kier alpha value is -2.25. The van der Waals surface area contributed by atoms with Gasteiger partial charge < -0.3 is 10.4 Å². The maximum atomic E-state index is 12.8. The second kappa shape index (κ2) is 12.1. The number of thiophene rings is 2. The number of hydrogen-bond donors (Lipinski definition) is 2. The quantitative estimate of drug-likeness (QED) is 0.404. The molecule has 1 aromatic carbocycles. The van der Waals surface area contributed by atoms with Gasteiger partial charge >= 0.3 is 0 Å². The number of aliphatic hydroxyl groups is 1.